The molecule has 7 heteroatoms. The second kappa shape index (κ2) is 8.05. The van der Waals surface area contributed by atoms with Crippen molar-refractivity contribution < 1.29 is 19.1 Å². The van der Waals surface area contributed by atoms with Crippen molar-refractivity contribution in [1.82, 2.24) is 5.32 Å². The Morgan fingerprint density at radius 1 is 1.37 bits per heavy atom. The topological polar surface area (TPSA) is 64.6 Å². The van der Waals surface area contributed by atoms with E-state index in [0.717, 1.165) is 32.9 Å². The lowest BCUT2D eigenvalue weighted by molar-refractivity contribution is -0.145. The fourth-order valence-electron chi connectivity index (χ4n) is 3.53. The number of aryl methyl sites for hydroxylation is 1. The quantitative estimate of drug-likeness (QED) is 0.623. The zero-order chi connectivity index (χ0) is 19.8. The highest BCUT2D eigenvalue weighted by atomic mass is 79.9. The Kier molecular flexibility index (Phi) is 6.13. The number of halogens is 2. The molecule has 1 spiro atoms. The molecule has 5 nitrogen and oxygen atoms in total. The third kappa shape index (κ3) is 3.87. The van der Waals surface area contributed by atoms with Gasteiger partial charge in [0.05, 0.1) is 18.1 Å². The number of amides is 1. The van der Waals surface area contributed by atoms with Crippen molar-refractivity contribution in [3.63, 3.8) is 0 Å². The van der Waals surface area contributed by atoms with E-state index in [4.69, 9.17) is 9.47 Å². The molecule has 1 fully saturated rings. The van der Waals surface area contributed by atoms with Crippen LogP contribution in [0.15, 0.2) is 26.8 Å². The maximum absolute atomic E-state index is 13.1. The van der Waals surface area contributed by atoms with Gasteiger partial charge in [-0.25, -0.2) is 0 Å². The number of ether oxygens (including phenoxy) is 2. The Morgan fingerprint density at radius 3 is 2.70 bits per heavy atom. The molecule has 2 aliphatic heterocycles. The molecule has 0 aromatic heterocycles. The van der Waals surface area contributed by atoms with Gasteiger partial charge < -0.3 is 14.8 Å². The van der Waals surface area contributed by atoms with Gasteiger partial charge in [0.1, 0.15) is 11.3 Å². The molecule has 0 bridgehead atoms. The van der Waals surface area contributed by atoms with E-state index in [1.807, 2.05) is 19.1 Å². The van der Waals surface area contributed by atoms with Gasteiger partial charge in [0.2, 0.25) is 0 Å². The fraction of sp³-hybridized carbons (Fsp3) is 0.500. The molecule has 1 N–H and O–H groups in total. The van der Waals surface area contributed by atoms with E-state index in [9.17, 15) is 9.59 Å². The first-order valence-electron chi connectivity index (χ1n) is 9.14. The van der Waals surface area contributed by atoms with Crippen LogP contribution in [0.25, 0.3) is 5.57 Å². The molecule has 0 saturated carbocycles. The minimum Gasteiger partial charge on any atom is -0.427 e. The van der Waals surface area contributed by atoms with Crippen molar-refractivity contribution in [2.24, 2.45) is 5.92 Å². The molecular weight excluding hydrogens is 478 g/mol. The number of carbonyl (C=O) groups is 2. The highest BCUT2D eigenvalue weighted by molar-refractivity contribution is 9.11. The summed E-state index contributed by atoms with van der Waals surface area (Å²) < 4.78 is 13.2. The molecule has 2 aliphatic rings. The number of benzene rings is 1. The van der Waals surface area contributed by atoms with Crippen molar-refractivity contribution in [2.45, 2.75) is 45.6 Å². The fourth-order valence-corrected chi connectivity index (χ4v) is 5.04. The zero-order valence-corrected chi connectivity index (χ0v) is 18.8. The SMILES string of the molecule is CCc1cc(Br)cc(Br)c1C1=C(OC(=O)C(C)C)C2(CCCOC2)NC1=O. The molecule has 0 radical (unpaired) electrons. The van der Waals surface area contributed by atoms with E-state index in [0.29, 0.717) is 31.0 Å². The van der Waals surface area contributed by atoms with E-state index in [2.05, 4.69) is 37.2 Å². The van der Waals surface area contributed by atoms with Crippen LogP contribution in [0.3, 0.4) is 0 Å². The number of carbonyl (C=O) groups excluding carboxylic acids is 2. The van der Waals surface area contributed by atoms with Gasteiger partial charge in [-0.3, -0.25) is 9.59 Å². The average Bonchev–Trinajstić information content (AvgIpc) is 2.86. The Bertz CT molecular complexity index is 810. The number of esters is 1. The monoisotopic (exact) mass is 499 g/mol. The van der Waals surface area contributed by atoms with Gasteiger partial charge in [-0.1, -0.05) is 52.6 Å². The lowest BCUT2D eigenvalue weighted by Crippen LogP contribution is -2.51. The van der Waals surface area contributed by atoms with Crippen LogP contribution in [0, 0.1) is 5.92 Å². The van der Waals surface area contributed by atoms with Gasteiger partial charge in [-0.05, 0) is 37.0 Å². The summed E-state index contributed by atoms with van der Waals surface area (Å²) in [5.74, 6) is -0.487. The van der Waals surface area contributed by atoms with Gasteiger partial charge >= 0.3 is 5.97 Å². The summed E-state index contributed by atoms with van der Waals surface area (Å²) in [7, 11) is 0. The molecular formula is C20H23Br2NO4. The van der Waals surface area contributed by atoms with Crippen LogP contribution >= 0.6 is 31.9 Å². The third-order valence-corrected chi connectivity index (χ3v) is 6.01. The predicted octanol–water partition coefficient (Wildman–Crippen LogP) is 4.36. The first-order valence-corrected chi connectivity index (χ1v) is 10.7. The van der Waals surface area contributed by atoms with Crippen LogP contribution < -0.4 is 5.32 Å². The Hall–Kier alpha value is -1.18. The van der Waals surface area contributed by atoms with Crippen molar-refractivity contribution >= 4 is 49.3 Å². The molecule has 1 unspecified atom stereocenters. The lowest BCUT2D eigenvalue weighted by Gasteiger charge is -2.34. The molecule has 1 aromatic rings. The van der Waals surface area contributed by atoms with Gasteiger partial charge in [0.15, 0.2) is 0 Å². The summed E-state index contributed by atoms with van der Waals surface area (Å²) in [4.78, 5) is 25.5. The molecule has 3 rings (SSSR count). The summed E-state index contributed by atoms with van der Waals surface area (Å²) in [6, 6.07) is 3.89. The van der Waals surface area contributed by atoms with Crippen LogP contribution in [0.1, 0.15) is 44.7 Å². The van der Waals surface area contributed by atoms with Gasteiger partial charge in [0, 0.05) is 21.1 Å². The normalized spacial score (nSPS) is 22.5. The average molecular weight is 501 g/mol. The first-order chi connectivity index (χ1) is 12.8. The van der Waals surface area contributed by atoms with E-state index >= 15 is 0 Å². The molecule has 1 amide bonds. The van der Waals surface area contributed by atoms with Crippen LogP contribution in [0.2, 0.25) is 0 Å². The maximum atomic E-state index is 13.1. The molecule has 27 heavy (non-hydrogen) atoms. The van der Waals surface area contributed by atoms with Crippen LogP contribution in [0.4, 0.5) is 0 Å². The number of rotatable bonds is 4. The second-order valence-corrected chi connectivity index (χ2v) is 9.02. The van der Waals surface area contributed by atoms with E-state index in [1.54, 1.807) is 13.8 Å². The predicted molar refractivity (Wildman–Crippen MR) is 110 cm³/mol. The van der Waals surface area contributed by atoms with Gasteiger partial charge in [-0.2, -0.15) is 0 Å². The summed E-state index contributed by atoms with van der Waals surface area (Å²) in [6.45, 7) is 6.54. The minimum atomic E-state index is -0.785. The summed E-state index contributed by atoms with van der Waals surface area (Å²) in [5, 5.41) is 3.06. The molecule has 2 heterocycles. The number of hydrogen-bond donors (Lipinski definition) is 1. The largest absolute Gasteiger partial charge is 0.427 e. The van der Waals surface area contributed by atoms with Crippen molar-refractivity contribution in [2.75, 3.05) is 13.2 Å². The number of hydrogen-bond acceptors (Lipinski definition) is 4. The molecule has 1 saturated heterocycles. The highest BCUT2D eigenvalue weighted by Crippen LogP contribution is 2.43. The van der Waals surface area contributed by atoms with E-state index < -0.39 is 5.54 Å². The van der Waals surface area contributed by atoms with Gasteiger partial charge in [0.25, 0.3) is 5.91 Å². The van der Waals surface area contributed by atoms with Crippen LogP contribution in [0.5, 0.6) is 0 Å². The summed E-state index contributed by atoms with van der Waals surface area (Å²) in [5.41, 5.74) is 1.40. The molecule has 1 atom stereocenters. The van der Waals surface area contributed by atoms with Crippen molar-refractivity contribution in [3.05, 3.63) is 38.0 Å². The van der Waals surface area contributed by atoms with Crippen molar-refractivity contribution in [3.8, 4) is 0 Å². The van der Waals surface area contributed by atoms with E-state index in [-0.39, 0.29) is 17.8 Å². The molecule has 146 valence electrons. The maximum Gasteiger partial charge on any atom is 0.313 e. The Labute approximate surface area is 176 Å². The standard InChI is InChI=1S/C20H23Br2NO4/c1-4-12-8-13(21)9-14(22)15(12)16-17(27-19(25)11(2)3)20(23-18(16)24)6-5-7-26-10-20/h8-9,11H,4-7,10H2,1-3H3,(H,23,24). The molecule has 1 aromatic carbocycles. The lowest BCUT2D eigenvalue weighted by atomic mass is 9.88. The smallest absolute Gasteiger partial charge is 0.313 e. The van der Waals surface area contributed by atoms with Gasteiger partial charge in [-0.15, -0.1) is 0 Å². The first kappa shape index (κ1) is 20.6. The summed E-state index contributed by atoms with van der Waals surface area (Å²) in [6.07, 6.45) is 2.20. The Morgan fingerprint density at radius 2 is 2.11 bits per heavy atom. The zero-order valence-electron chi connectivity index (χ0n) is 15.7. The van der Waals surface area contributed by atoms with Crippen LogP contribution in [-0.2, 0) is 25.5 Å². The van der Waals surface area contributed by atoms with Crippen molar-refractivity contribution in [1.29, 1.82) is 0 Å². The Balaban J connectivity index is 2.23. The number of nitrogens with one attached hydrogen (secondary N) is 1. The van der Waals surface area contributed by atoms with Crippen LogP contribution in [-0.4, -0.2) is 30.6 Å². The summed E-state index contributed by atoms with van der Waals surface area (Å²) >= 11 is 7.10. The highest BCUT2D eigenvalue weighted by Gasteiger charge is 2.50. The molecule has 0 aliphatic carbocycles. The minimum absolute atomic E-state index is 0.232. The second-order valence-electron chi connectivity index (χ2n) is 7.25. The van der Waals surface area contributed by atoms with E-state index in [1.165, 1.54) is 0 Å². The third-order valence-electron chi connectivity index (χ3n) is 4.92.